The van der Waals surface area contributed by atoms with Crippen LogP contribution in [0.1, 0.15) is 52.9 Å². The predicted molar refractivity (Wildman–Crippen MR) is 91.1 cm³/mol. The molecule has 0 amide bonds. The number of hydrogen-bond donors (Lipinski definition) is 1. The summed E-state index contributed by atoms with van der Waals surface area (Å²) in [7, 11) is 0. The molecule has 4 heteroatoms. The largest absolute Gasteiger partial charge is 0.377 e. The molecule has 2 heterocycles. The minimum absolute atomic E-state index is 0.179. The van der Waals surface area contributed by atoms with E-state index >= 15 is 0 Å². The topological polar surface area (TPSA) is 30.5 Å². The van der Waals surface area contributed by atoms with E-state index in [0.29, 0.717) is 18.1 Å². The molecule has 0 radical (unpaired) electrons. The van der Waals surface area contributed by atoms with Gasteiger partial charge in [-0.2, -0.15) is 11.8 Å². The van der Waals surface area contributed by atoms with Crippen molar-refractivity contribution in [3.63, 3.8) is 0 Å². The van der Waals surface area contributed by atoms with Crippen LogP contribution in [0.3, 0.4) is 0 Å². The summed E-state index contributed by atoms with van der Waals surface area (Å²) in [5.74, 6) is 3.23. The molecule has 124 valence electrons. The first-order valence-corrected chi connectivity index (χ1v) is 9.87. The summed E-state index contributed by atoms with van der Waals surface area (Å²) in [5.41, 5.74) is 0.179. The van der Waals surface area contributed by atoms with Gasteiger partial charge in [-0.25, -0.2) is 0 Å². The molecule has 0 bridgehead atoms. The zero-order valence-electron chi connectivity index (χ0n) is 14.0. The Kier molecular flexibility index (Phi) is 7.33. The normalized spacial score (nSPS) is 27.1. The van der Waals surface area contributed by atoms with Crippen molar-refractivity contribution in [1.82, 2.24) is 5.32 Å². The van der Waals surface area contributed by atoms with Gasteiger partial charge in [0, 0.05) is 12.6 Å². The summed E-state index contributed by atoms with van der Waals surface area (Å²) in [6.07, 6.45) is 6.37. The minimum Gasteiger partial charge on any atom is -0.377 e. The van der Waals surface area contributed by atoms with Crippen molar-refractivity contribution in [1.29, 1.82) is 0 Å². The third-order valence-corrected chi connectivity index (χ3v) is 5.76. The van der Waals surface area contributed by atoms with Crippen LogP contribution in [-0.4, -0.2) is 49.0 Å². The minimum atomic E-state index is 0.179. The van der Waals surface area contributed by atoms with Gasteiger partial charge in [-0.1, -0.05) is 6.92 Å². The molecule has 0 saturated carbocycles. The summed E-state index contributed by atoms with van der Waals surface area (Å²) < 4.78 is 12.2. The van der Waals surface area contributed by atoms with Gasteiger partial charge in [0.2, 0.25) is 0 Å². The first-order chi connectivity index (χ1) is 10.2. The molecule has 3 nitrogen and oxygen atoms in total. The van der Waals surface area contributed by atoms with E-state index in [1.54, 1.807) is 0 Å². The number of hydrogen-bond acceptors (Lipinski definition) is 4. The molecule has 0 aromatic rings. The summed E-state index contributed by atoms with van der Waals surface area (Å²) in [5, 5.41) is 3.73. The van der Waals surface area contributed by atoms with Gasteiger partial charge in [0.25, 0.3) is 0 Å². The van der Waals surface area contributed by atoms with Crippen LogP contribution >= 0.6 is 11.8 Å². The molecule has 2 unspecified atom stereocenters. The lowest BCUT2D eigenvalue weighted by Crippen LogP contribution is -2.50. The van der Waals surface area contributed by atoms with E-state index in [0.717, 1.165) is 19.8 Å². The summed E-state index contributed by atoms with van der Waals surface area (Å²) in [4.78, 5) is 0. The molecule has 0 aliphatic carbocycles. The fourth-order valence-corrected chi connectivity index (χ4v) is 4.73. The van der Waals surface area contributed by atoms with Crippen LogP contribution in [0.5, 0.6) is 0 Å². The van der Waals surface area contributed by atoms with Gasteiger partial charge in [-0.3, -0.25) is 0 Å². The molecule has 21 heavy (non-hydrogen) atoms. The van der Waals surface area contributed by atoms with Gasteiger partial charge in [0.15, 0.2) is 0 Å². The van der Waals surface area contributed by atoms with Gasteiger partial charge < -0.3 is 14.8 Å². The number of thioether (sulfide) groups is 1. The molecule has 0 aromatic carbocycles. The average Bonchev–Trinajstić information content (AvgIpc) is 2.48. The lowest BCUT2D eigenvalue weighted by Gasteiger charge is -2.45. The van der Waals surface area contributed by atoms with Crippen molar-refractivity contribution in [3.05, 3.63) is 0 Å². The molecule has 2 aliphatic rings. The molecule has 1 N–H and O–H groups in total. The lowest BCUT2D eigenvalue weighted by molar-refractivity contribution is -0.111. The van der Waals surface area contributed by atoms with Crippen LogP contribution in [-0.2, 0) is 9.47 Å². The second-order valence-electron chi connectivity index (χ2n) is 6.84. The van der Waals surface area contributed by atoms with Gasteiger partial charge in [-0.05, 0) is 69.9 Å². The van der Waals surface area contributed by atoms with E-state index in [2.05, 4.69) is 37.8 Å². The molecular weight excluding hydrogens is 282 g/mol. The molecule has 1 spiro atoms. The molecule has 0 aromatic heterocycles. The zero-order valence-corrected chi connectivity index (χ0v) is 14.8. The monoisotopic (exact) mass is 315 g/mol. The highest BCUT2D eigenvalue weighted by molar-refractivity contribution is 7.99. The molecule has 2 saturated heterocycles. The Hall–Kier alpha value is 0.230. The van der Waals surface area contributed by atoms with Crippen LogP contribution in [0.15, 0.2) is 0 Å². The van der Waals surface area contributed by atoms with Crippen LogP contribution < -0.4 is 5.32 Å². The molecule has 2 aliphatic heterocycles. The second kappa shape index (κ2) is 8.76. The van der Waals surface area contributed by atoms with Crippen LogP contribution in [0.25, 0.3) is 0 Å². The Balaban J connectivity index is 1.93. The highest BCUT2D eigenvalue weighted by Crippen LogP contribution is 2.40. The van der Waals surface area contributed by atoms with Crippen molar-refractivity contribution in [2.45, 2.75) is 70.6 Å². The summed E-state index contributed by atoms with van der Waals surface area (Å²) in [6.45, 7) is 9.35. The van der Waals surface area contributed by atoms with Gasteiger partial charge in [0.05, 0.1) is 18.3 Å². The van der Waals surface area contributed by atoms with E-state index in [-0.39, 0.29) is 5.60 Å². The SMILES string of the molecule is CCCNC(COC(C)C)C1CCOC2(CCSCC2)C1. The molecule has 2 rings (SSSR count). The maximum atomic E-state index is 6.23. The number of rotatable bonds is 7. The molecule has 2 fully saturated rings. The Labute approximate surface area is 134 Å². The Morgan fingerprint density at radius 1 is 1.33 bits per heavy atom. The van der Waals surface area contributed by atoms with Crippen molar-refractivity contribution in [2.24, 2.45) is 5.92 Å². The summed E-state index contributed by atoms with van der Waals surface area (Å²) >= 11 is 2.08. The first kappa shape index (κ1) is 17.6. The van der Waals surface area contributed by atoms with Crippen LogP contribution in [0, 0.1) is 5.92 Å². The van der Waals surface area contributed by atoms with Gasteiger partial charge >= 0.3 is 0 Å². The van der Waals surface area contributed by atoms with Crippen LogP contribution in [0.4, 0.5) is 0 Å². The number of nitrogens with one attached hydrogen (secondary N) is 1. The first-order valence-electron chi connectivity index (χ1n) is 8.72. The average molecular weight is 316 g/mol. The predicted octanol–water partition coefficient (Wildman–Crippen LogP) is 3.47. The Morgan fingerprint density at radius 3 is 2.76 bits per heavy atom. The molecular formula is C17H33NO2S. The standard InChI is InChI=1S/C17H33NO2S/c1-4-8-18-16(13-19-14(2)3)15-5-9-20-17(12-15)6-10-21-11-7-17/h14-16,18H,4-13H2,1-3H3. The van der Waals surface area contributed by atoms with E-state index in [9.17, 15) is 0 Å². The van der Waals surface area contributed by atoms with E-state index in [4.69, 9.17) is 9.47 Å². The quantitative estimate of drug-likeness (QED) is 0.779. The maximum Gasteiger partial charge on any atom is 0.0701 e. The molecule has 2 atom stereocenters. The van der Waals surface area contributed by atoms with E-state index in [1.807, 2.05) is 0 Å². The highest BCUT2D eigenvalue weighted by atomic mass is 32.2. The highest BCUT2D eigenvalue weighted by Gasteiger charge is 2.40. The van der Waals surface area contributed by atoms with Gasteiger partial charge in [0.1, 0.15) is 0 Å². The van der Waals surface area contributed by atoms with Crippen LogP contribution in [0.2, 0.25) is 0 Å². The van der Waals surface area contributed by atoms with Crippen molar-refractivity contribution >= 4 is 11.8 Å². The van der Waals surface area contributed by atoms with Crippen molar-refractivity contribution in [3.8, 4) is 0 Å². The Bertz CT molecular complexity index is 287. The summed E-state index contributed by atoms with van der Waals surface area (Å²) in [6, 6.07) is 0.489. The maximum absolute atomic E-state index is 6.23. The third-order valence-electron chi connectivity index (χ3n) is 4.77. The van der Waals surface area contributed by atoms with Crippen molar-refractivity contribution < 1.29 is 9.47 Å². The van der Waals surface area contributed by atoms with Gasteiger partial charge in [-0.15, -0.1) is 0 Å². The zero-order chi connectivity index (χ0) is 15.1. The fourth-order valence-electron chi connectivity index (χ4n) is 3.49. The second-order valence-corrected chi connectivity index (χ2v) is 8.06. The van der Waals surface area contributed by atoms with E-state index in [1.165, 1.54) is 43.6 Å². The lowest BCUT2D eigenvalue weighted by atomic mass is 9.78. The smallest absolute Gasteiger partial charge is 0.0701 e. The number of ether oxygens (including phenoxy) is 2. The van der Waals surface area contributed by atoms with E-state index < -0.39 is 0 Å². The van der Waals surface area contributed by atoms with Crippen molar-refractivity contribution in [2.75, 3.05) is 31.3 Å². The fraction of sp³-hybridized carbons (Fsp3) is 1.00. The third kappa shape index (κ3) is 5.42. The Morgan fingerprint density at radius 2 is 2.10 bits per heavy atom.